The standard InChI is InChI=1S/C13H15N5O/c1-10-5-11(7-14)6-13(16-10)17-12-8-15-18(9-12)3-4-19-2/h5-6,8-9H,3-4H2,1-2H3,(H,16,17). The minimum atomic E-state index is 0.585. The maximum absolute atomic E-state index is 8.92. The first-order valence-corrected chi connectivity index (χ1v) is 5.88. The van der Waals surface area contributed by atoms with Crippen molar-refractivity contribution in [1.82, 2.24) is 14.8 Å². The van der Waals surface area contributed by atoms with Crippen molar-refractivity contribution >= 4 is 11.5 Å². The predicted molar refractivity (Wildman–Crippen MR) is 71.1 cm³/mol. The Balaban J connectivity index is 2.10. The molecule has 2 rings (SSSR count). The summed E-state index contributed by atoms with van der Waals surface area (Å²) in [6.07, 6.45) is 3.58. The maximum Gasteiger partial charge on any atom is 0.132 e. The molecule has 0 fully saturated rings. The SMILES string of the molecule is COCCn1cc(Nc2cc(C#N)cc(C)n2)cn1. The molecule has 0 unspecified atom stereocenters. The molecule has 0 aliphatic carbocycles. The summed E-state index contributed by atoms with van der Waals surface area (Å²) >= 11 is 0. The van der Waals surface area contributed by atoms with Crippen molar-refractivity contribution in [2.45, 2.75) is 13.5 Å². The second-order valence-electron chi connectivity index (χ2n) is 4.10. The Morgan fingerprint density at radius 2 is 2.32 bits per heavy atom. The molecule has 0 amide bonds. The van der Waals surface area contributed by atoms with Gasteiger partial charge in [-0.05, 0) is 19.1 Å². The van der Waals surface area contributed by atoms with Crippen molar-refractivity contribution in [3.63, 3.8) is 0 Å². The summed E-state index contributed by atoms with van der Waals surface area (Å²) < 4.78 is 6.77. The molecule has 0 saturated carbocycles. The van der Waals surface area contributed by atoms with Gasteiger partial charge in [-0.15, -0.1) is 0 Å². The van der Waals surface area contributed by atoms with E-state index in [9.17, 15) is 0 Å². The quantitative estimate of drug-likeness (QED) is 0.884. The van der Waals surface area contributed by atoms with Gasteiger partial charge in [-0.3, -0.25) is 4.68 Å². The fourth-order valence-electron chi connectivity index (χ4n) is 1.68. The lowest BCUT2D eigenvalue weighted by atomic mass is 10.2. The largest absolute Gasteiger partial charge is 0.383 e. The number of aryl methyl sites for hydroxylation is 1. The highest BCUT2D eigenvalue weighted by Gasteiger charge is 2.03. The van der Waals surface area contributed by atoms with E-state index in [0.29, 0.717) is 24.5 Å². The molecule has 19 heavy (non-hydrogen) atoms. The molecule has 0 bridgehead atoms. The Kier molecular flexibility index (Phi) is 4.11. The van der Waals surface area contributed by atoms with Crippen LogP contribution >= 0.6 is 0 Å². The number of pyridine rings is 1. The lowest BCUT2D eigenvalue weighted by molar-refractivity contribution is 0.183. The number of hydrogen-bond donors (Lipinski definition) is 1. The predicted octanol–water partition coefficient (Wildman–Crippen LogP) is 1.85. The third kappa shape index (κ3) is 3.53. The normalized spacial score (nSPS) is 10.2. The van der Waals surface area contributed by atoms with Crippen LogP contribution in [0.5, 0.6) is 0 Å². The molecule has 0 atom stereocenters. The lowest BCUT2D eigenvalue weighted by Gasteiger charge is -2.04. The topological polar surface area (TPSA) is 75.8 Å². The van der Waals surface area contributed by atoms with Gasteiger partial charge >= 0.3 is 0 Å². The summed E-state index contributed by atoms with van der Waals surface area (Å²) in [7, 11) is 1.66. The summed E-state index contributed by atoms with van der Waals surface area (Å²) in [5, 5.41) is 16.2. The third-order valence-corrected chi connectivity index (χ3v) is 2.51. The summed E-state index contributed by atoms with van der Waals surface area (Å²) in [5.74, 6) is 0.642. The first kappa shape index (κ1) is 13.1. The van der Waals surface area contributed by atoms with Crippen molar-refractivity contribution < 1.29 is 4.74 Å². The number of nitriles is 1. The van der Waals surface area contributed by atoms with Crippen molar-refractivity contribution in [1.29, 1.82) is 5.26 Å². The number of methoxy groups -OCH3 is 1. The average Bonchev–Trinajstić information content (AvgIpc) is 2.83. The molecular weight excluding hydrogens is 242 g/mol. The number of nitrogens with zero attached hydrogens (tertiary/aromatic N) is 4. The Morgan fingerprint density at radius 3 is 3.05 bits per heavy atom. The van der Waals surface area contributed by atoms with E-state index in [1.807, 2.05) is 13.1 Å². The van der Waals surface area contributed by atoms with E-state index < -0.39 is 0 Å². The van der Waals surface area contributed by atoms with Crippen LogP contribution in [0.1, 0.15) is 11.3 Å². The van der Waals surface area contributed by atoms with Gasteiger partial charge in [0.15, 0.2) is 0 Å². The Bertz CT molecular complexity index is 599. The van der Waals surface area contributed by atoms with E-state index in [0.717, 1.165) is 11.4 Å². The van der Waals surface area contributed by atoms with Crippen LogP contribution in [0, 0.1) is 18.3 Å². The van der Waals surface area contributed by atoms with Gasteiger partial charge in [-0.2, -0.15) is 10.4 Å². The number of aromatic nitrogens is 3. The van der Waals surface area contributed by atoms with Crippen molar-refractivity contribution in [3.05, 3.63) is 35.8 Å². The van der Waals surface area contributed by atoms with E-state index in [-0.39, 0.29) is 0 Å². The van der Waals surface area contributed by atoms with Gasteiger partial charge in [0.1, 0.15) is 5.82 Å². The molecule has 0 aliphatic heterocycles. The molecule has 0 spiro atoms. The average molecular weight is 257 g/mol. The van der Waals surface area contributed by atoms with Gasteiger partial charge in [-0.1, -0.05) is 0 Å². The highest BCUT2D eigenvalue weighted by atomic mass is 16.5. The molecule has 0 aliphatic rings. The Hall–Kier alpha value is -2.39. The number of hydrogen-bond acceptors (Lipinski definition) is 5. The summed E-state index contributed by atoms with van der Waals surface area (Å²) in [4.78, 5) is 4.32. The van der Waals surface area contributed by atoms with Crippen molar-refractivity contribution in [2.75, 3.05) is 19.0 Å². The summed E-state index contributed by atoms with van der Waals surface area (Å²) in [6, 6.07) is 5.56. The first-order valence-electron chi connectivity index (χ1n) is 5.88. The summed E-state index contributed by atoms with van der Waals surface area (Å²) in [5.41, 5.74) is 2.22. The number of rotatable bonds is 5. The van der Waals surface area contributed by atoms with Crippen LogP contribution in [0.15, 0.2) is 24.5 Å². The molecule has 0 aromatic carbocycles. The number of nitrogens with one attached hydrogen (secondary N) is 1. The molecule has 2 heterocycles. The van der Waals surface area contributed by atoms with Crippen LogP contribution in [-0.2, 0) is 11.3 Å². The Morgan fingerprint density at radius 1 is 1.47 bits per heavy atom. The molecule has 0 saturated heterocycles. The Labute approximate surface area is 111 Å². The van der Waals surface area contributed by atoms with E-state index in [1.54, 1.807) is 30.1 Å². The fraction of sp³-hybridized carbons (Fsp3) is 0.308. The minimum absolute atomic E-state index is 0.585. The molecule has 2 aromatic heterocycles. The molecule has 0 radical (unpaired) electrons. The zero-order valence-corrected chi connectivity index (χ0v) is 10.9. The van der Waals surface area contributed by atoms with Gasteiger partial charge in [-0.25, -0.2) is 4.98 Å². The fourth-order valence-corrected chi connectivity index (χ4v) is 1.68. The second kappa shape index (κ2) is 5.98. The van der Waals surface area contributed by atoms with Crippen molar-refractivity contribution in [2.24, 2.45) is 0 Å². The van der Waals surface area contributed by atoms with E-state index in [2.05, 4.69) is 21.5 Å². The van der Waals surface area contributed by atoms with Crippen molar-refractivity contribution in [3.8, 4) is 6.07 Å². The molecule has 98 valence electrons. The van der Waals surface area contributed by atoms with Gasteiger partial charge in [0.05, 0.1) is 36.7 Å². The monoisotopic (exact) mass is 257 g/mol. The molecule has 6 nitrogen and oxygen atoms in total. The molecule has 1 N–H and O–H groups in total. The third-order valence-electron chi connectivity index (χ3n) is 2.51. The van der Waals surface area contributed by atoms with E-state index in [4.69, 9.17) is 10.00 Å². The van der Waals surface area contributed by atoms with Crippen LogP contribution in [0.3, 0.4) is 0 Å². The zero-order chi connectivity index (χ0) is 13.7. The zero-order valence-electron chi connectivity index (χ0n) is 10.9. The highest BCUT2D eigenvalue weighted by molar-refractivity contribution is 5.56. The van der Waals surface area contributed by atoms with E-state index in [1.165, 1.54) is 0 Å². The van der Waals surface area contributed by atoms with Gasteiger partial charge < -0.3 is 10.1 Å². The van der Waals surface area contributed by atoms with Crippen LogP contribution in [0.2, 0.25) is 0 Å². The molecular formula is C13H15N5O. The van der Waals surface area contributed by atoms with Gasteiger partial charge in [0.25, 0.3) is 0 Å². The lowest BCUT2D eigenvalue weighted by Crippen LogP contribution is -2.04. The van der Waals surface area contributed by atoms with Crippen LogP contribution in [-0.4, -0.2) is 28.5 Å². The van der Waals surface area contributed by atoms with Crippen LogP contribution < -0.4 is 5.32 Å². The molecule has 2 aromatic rings. The second-order valence-corrected chi connectivity index (χ2v) is 4.10. The maximum atomic E-state index is 8.92. The van der Waals surface area contributed by atoms with Crippen LogP contribution in [0.4, 0.5) is 11.5 Å². The molecule has 6 heteroatoms. The summed E-state index contributed by atoms with van der Waals surface area (Å²) in [6.45, 7) is 3.17. The van der Waals surface area contributed by atoms with Gasteiger partial charge in [0, 0.05) is 19.0 Å². The number of anilines is 2. The smallest absolute Gasteiger partial charge is 0.132 e. The minimum Gasteiger partial charge on any atom is -0.383 e. The highest BCUT2D eigenvalue weighted by Crippen LogP contribution is 2.15. The van der Waals surface area contributed by atoms with Crippen LogP contribution in [0.25, 0.3) is 0 Å². The first-order chi connectivity index (χ1) is 9.21. The number of ether oxygens (including phenoxy) is 1. The van der Waals surface area contributed by atoms with E-state index >= 15 is 0 Å². The van der Waals surface area contributed by atoms with Gasteiger partial charge in [0.2, 0.25) is 0 Å².